The van der Waals surface area contributed by atoms with Gasteiger partial charge in [-0.2, -0.15) is 13.2 Å². The summed E-state index contributed by atoms with van der Waals surface area (Å²) in [6.45, 7) is 0. The maximum atomic E-state index is 13.8. The van der Waals surface area contributed by atoms with Crippen LogP contribution in [0, 0.1) is 5.82 Å². The highest BCUT2D eigenvalue weighted by Crippen LogP contribution is 2.32. The van der Waals surface area contributed by atoms with Gasteiger partial charge < -0.3 is 0 Å². The van der Waals surface area contributed by atoms with E-state index < -0.39 is 28.9 Å². The lowest BCUT2D eigenvalue weighted by Crippen LogP contribution is -2.13. The Morgan fingerprint density at radius 3 is 2.11 bits per heavy atom. The van der Waals surface area contributed by atoms with Gasteiger partial charge in [0.2, 0.25) is 0 Å². The van der Waals surface area contributed by atoms with E-state index in [1.807, 2.05) is 0 Å². The summed E-state index contributed by atoms with van der Waals surface area (Å²) in [5.41, 5.74) is -1.88. The SMILES string of the molecule is O=C(c1ccccc1)c1cccc(C(F)(F)F)c1F. The Hall–Kier alpha value is -2.17. The molecule has 0 N–H and O–H groups in total. The quantitative estimate of drug-likeness (QED) is 0.592. The summed E-state index contributed by atoms with van der Waals surface area (Å²) < 4.78 is 51.4. The van der Waals surface area contributed by atoms with E-state index in [1.165, 1.54) is 12.1 Å². The minimum absolute atomic E-state index is 0.140. The van der Waals surface area contributed by atoms with Crippen molar-refractivity contribution >= 4 is 5.78 Å². The van der Waals surface area contributed by atoms with Gasteiger partial charge in [0, 0.05) is 5.56 Å². The molecule has 0 heterocycles. The molecule has 0 radical (unpaired) electrons. The number of carbonyl (C=O) groups excluding carboxylic acids is 1. The van der Waals surface area contributed by atoms with Crippen LogP contribution < -0.4 is 0 Å². The first-order valence-corrected chi connectivity index (χ1v) is 5.36. The summed E-state index contributed by atoms with van der Waals surface area (Å²) in [5, 5.41) is 0. The fraction of sp³-hybridized carbons (Fsp3) is 0.0714. The van der Waals surface area contributed by atoms with Gasteiger partial charge in [-0.25, -0.2) is 4.39 Å². The predicted octanol–water partition coefficient (Wildman–Crippen LogP) is 4.08. The normalized spacial score (nSPS) is 11.4. The molecule has 5 heteroatoms. The van der Waals surface area contributed by atoms with Gasteiger partial charge in [0.15, 0.2) is 5.78 Å². The minimum atomic E-state index is -4.82. The van der Waals surface area contributed by atoms with E-state index >= 15 is 0 Å². The monoisotopic (exact) mass is 268 g/mol. The number of alkyl halides is 3. The van der Waals surface area contributed by atoms with Crippen molar-refractivity contribution in [1.29, 1.82) is 0 Å². The molecule has 2 rings (SSSR count). The van der Waals surface area contributed by atoms with Crippen LogP contribution in [0.4, 0.5) is 17.6 Å². The van der Waals surface area contributed by atoms with Gasteiger partial charge in [0.1, 0.15) is 5.82 Å². The van der Waals surface area contributed by atoms with Crippen LogP contribution >= 0.6 is 0 Å². The molecule has 0 aliphatic carbocycles. The lowest BCUT2D eigenvalue weighted by atomic mass is 10.0. The van der Waals surface area contributed by atoms with E-state index in [9.17, 15) is 22.4 Å². The Kier molecular flexibility index (Phi) is 3.38. The molecule has 98 valence electrons. The van der Waals surface area contributed by atoms with E-state index in [4.69, 9.17) is 0 Å². The van der Waals surface area contributed by atoms with Crippen molar-refractivity contribution in [1.82, 2.24) is 0 Å². The number of benzene rings is 2. The number of hydrogen-bond donors (Lipinski definition) is 0. The first-order chi connectivity index (χ1) is 8.91. The van der Waals surface area contributed by atoms with E-state index in [-0.39, 0.29) is 5.56 Å². The van der Waals surface area contributed by atoms with Crippen LogP contribution in [0.15, 0.2) is 48.5 Å². The highest BCUT2D eigenvalue weighted by molar-refractivity contribution is 6.09. The molecular weight excluding hydrogens is 260 g/mol. The molecule has 0 fully saturated rings. The Balaban J connectivity index is 2.50. The second-order valence-corrected chi connectivity index (χ2v) is 3.86. The molecule has 0 bridgehead atoms. The Morgan fingerprint density at radius 1 is 0.895 bits per heavy atom. The maximum absolute atomic E-state index is 13.8. The van der Waals surface area contributed by atoms with Crippen molar-refractivity contribution in [2.24, 2.45) is 0 Å². The number of rotatable bonds is 2. The van der Waals surface area contributed by atoms with Gasteiger partial charge in [-0.1, -0.05) is 36.4 Å². The summed E-state index contributed by atoms with van der Waals surface area (Å²) in [4.78, 5) is 11.9. The average molecular weight is 268 g/mol. The van der Waals surface area contributed by atoms with E-state index in [0.717, 1.165) is 12.1 Å². The fourth-order valence-electron chi connectivity index (χ4n) is 1.67. The van der Waals surface area contributed by atoms with E-state index in [0.29, 0.717) is 6.07 Å². The van der Waals surface area contributed by atoms with Crippen molar-refractivity contribution in [3.05, 3.63) is 71.0 Å². The molecule has 2 aromatic carbocycles. The molecule has 0 saturated heterocycles. The molecule has 2 aromatic rings. The molecule has 0 aliphatic rings. The largest absolute Gasteiger partial charge is 0.419 e. The first-order valence-electron chi connectivity index (χ1n) is 5.36. The second-order valence-electron chi connectivity index (χ2n) is 3.86. The number of halogens is 4. The average Bonchev–Trinajstić information content (AvgIpc) is 2.38. The van der Waals surface area contributed by atoms with Gasteiger partial charge in [0.25, 0.3) is 0 Å². The van der Waals surface area contributed by atoms with Crippen LogP contribution in [-0.4, -0.2) is 5.78 Å². The van der Waals surface area contributed by atoms with Crippen LogP contribution in [0.5, 0.6) is 0 Å². The Labute approximate surface area is 106 Å². The van der Waals surface area contributed by atoms with Crippen LogP contribution in [0.3, 0.4) is 0 Å². The zero-order valence-electron chi connectivity index (χ0n) is 9.54. The summed E-state index contributed by atoms with van der Waals surface area (Å²) >= 11 is 0. The summed E-state index contributed by atoms with van der Waals surface area (Å²) in [6.07, 6.45) is -4.82. The zero-order chi connectivity index (χ0) is 14.0. The molecule has 0 spiro atoms. The van der Waals surface area contributed by atoms with Crippen molar-refractivity contribution in [3.63, 3.8) is 0 Å². The van der Waals surface area contributed by atoms with Gasteiger partial charge in [-0.3, -0.25) is 4.79 Å². The third-order valence-corrected chi connectivity index (χ3v) is 2.58. The molecule has 19 heavy (non-hydrogen) atoms. The van der Waals surface area contributed by atoms with Crippen molar-refractivity contribution in [3.8, 4) is 0 Å². The lowest BCUT2D eigenvalue weighted by Gasteiger charge is -2.10. The maximum Gasteiger partial charge on any atom is 0.419 e. The fourth-order valence-corrected chi connectivity index (χ4v) is 1.67. The third kappa shape index (κ3) is 2.65. The highest BCUT2D eigenvalue weighted by Gasteiger charge is 2.35. The number of carbonyl (C=O) groups is 1. The lowest BCUT2D eigenvalue weighted by molar-refractivity contribution is -0.140. The van der Waals surface area contributed by atoms with E-state index in [2.05, 4.69) is 0 Å². The van der Waals surface area contributed by atoms with Crippen molar-refractivity contribution in [2.45, 2.75) is 6.18 Å². The van der Waals surface area contributed by atoms with Gasteiger partial charge in [-0.05, 0) is 12.1 Å². The molecule has 0 atom stereocenters. The topological polar surface area (TPSA) is 17.1 Å². The smallest absolute Gasteiger partial charge is 0.288 e. The Bertz CT molecular complexity index is 603. The number of ketones is 1. The summed E-state index contributed by atoms with van der Waals surface area (Å²) in [5.74, 6) is -2.31. The zero-order valence-corrected chi connectivity index (χ0v) is 9.54. The van der Waals surface area contributed by atoms with Gasteiger partial charge in [-0.15, -0.1) is 0 Å². The third-order valence-electron chi connectivity index (χ3n) is 2.58. The van der Waals surface area contributed by atoms with Crippen molar-refractivity contribution in [2.75, 3.05) is 0 Å². The van der Waals surface area contributed by atoms with E-state index in [1.54, 1.807) is 18.2 Å². The van der Waals surface area contributed by atoms with Crippen LogP contribution in [0.25, 0.3) is 0 Å². The second kappa shape index (κ2) is 4.84. The van der Waals surface area contributed by atoms with Gasteiger partial charge >= 0.3 is 6.18 Å². The van der Waals surface area contributed by atoms with Crippen LogP contribution in [-0.2, 0) is 6.18 Å². The molecule has 1 nitrogen and oxygen atoms in total. The van der Waals surface area contributed by atoms with Crippen LogP contribution in [0.2, 0.25) is 0 Å². The summed E-state index contributed by atoms with van der Waals surface area (Å²) in [6, 6.07) is 10.3. The Morgan fingerprint density at radius 2 is 1.53 bits per heavy atom. The first kappa shape index (κ1) is 13.3. The standard InChI is InChI=1S/C14H8F4O/c15-12-10(7-4-8-11(12)14(16,17)18)13(19)9-5-2-1-3-6-9/h1-8H. The molecule has 0 aliphatic heterocycles. The molecule has 0 aromatic heterocycles. The number of hydrogen-bond acceptors (Lipinski definition) is 1. The molecule has 0 unspecified atom stereocenters. The summed E-state index contributed by atoms with van der Waals surface area (Å²) in [7, 11) is 0. The molecular formula is C14H8F4O. The minimum Gasteiger partial charge on any atom is -0.288 e. The predicted molar refractivity (Wildman–Crippen MR) is 61.3 cm³/mol. The van der Waals surface area contributed by atoms with Crippen LogP contribution in [0.1, 0.15) is 21.5 Å². The molecule has 0 amide bonds. The van der Waals surface area contributed by atoms with Gasteiger partial charge in [0.05, 0.1) is 11.1 Å². The highest BCUT2D eigenvalue weighted by atomic mass is 19.4. The molecule has 0 saturated carbocycles. The van der Waals surface area contributed by atoms with Crippen molar-refractivity contribution < 1.29 is 22.4 Å².